The molecule has 0 saturated heterocycles. The number of carbonyl (C=O) groups excluding carboxylic acids is 2. The Balaban J connectivity index is 1.78. The molecule has 0 unspecified atom stereocenters. The van der Waals surface area contributed by atoms with Crippen molar-refractivity contribution in [3.63, 3.8) is 0 Å². The zero-order chi connectivity index (χ0) is 29.1. The molecule has 210 valence electrons. The number of ketones is 2. The number of carboxylic acid groups (broad SMARTS) is 1. The number of nitrogens with zero attached hydrogens (tertiary/aromatic N) is 1. The van der Waals surface area contributed by atoms with Crippen molar-refractivity contribution in [1.82, 2.24) is 4.98 Å². The second-order valence-electron chi connectivity index (χ2n) is 12.5. The Bertz CT molecular complexity index is 1470. The fourth-order valence-electron chi connectivity index (χ4n) is 6.40. The molecule has 3 aliphatic rings. The molecule has 0 spiro atoms. The number of hydrogen-bond donors (Lipinski definition) is 1. The first-order valence-electron chi connectivity index (χ1n) is 13.4. The monoisotopic (exact) mass is 545 g/mol. The number of carboxylic acids is 1. The largest absolute Gasteiger partial charge is 0.496 e. The van der Waals surface area contributed by atoms with Crippen molar-refractivity contribution in [2.75, 3.05) is 14.2 Å². The smallest absolute Gasteiger partial charge is 0.358 e. The minimum Gasteiger partial charge on any atom is -0.496 e. The number of ether oxygens (including phenoxy) is 3. The van der Waals surface area contributed by atoms with Crippen molar-refractivity contribution in [3.05, 3.63) is 63.8 Å². The van der Waals surface area contributed by atoms with Crippen molar-refractivity contribution in [2.45, 2.75) is 66.2 Å². The highest BCUT2D eigenvalue weighted by Gasteiger charge is 2.49. The van der Waals surface area contributed by atoms with E-state index in [4.69, 9.17) is 14.2 Å². The van der Waals surface area contributed by atoms with Crippen LogP contribution in [0, 0.1) is 17.8 Å². The Kier molecular flexibility index (Phi) is 6.63. The molecule has 0 radical (unpaired) electrons. The number of aromatic carboxylic acids is 1. The average molecular weight is 546 g/mol. The zero-order valence-electron chi connectivity index (χ0n) is 24.1. The third kappa shape index (κ3) is 4.59. The van der Waals surface area contributed by atoms with Gasteiger partial charge in [0.25, 0.3) is 0 Å². The Morgan fingerprint density at radius 2 is 1.40 bits per heavy atom. The minimum absolute atomic E-state index is 0.0389. The third-order valence-electron chi connectivity index (χ3n) is 8.12. The van der Waals surface area contributed by atoms with Gasteiger partial charge in [-0.1, -0.05) is 27.7 Å². The summed E-state index contributed by atoms with van der Waals surface area (Å²) in [7, 11) is 2.96. The van der Waals surface area contributed by atoms with Gasteiger partial charge in [0.05, 0.1) is 25.8 Å². The van der Waals surface area contributed by atoms with Gasteiger partial charge in [0, 0.05) is 48.0 Å². The lowest BCUT2D eigenvalue weighted by atomic mass is 9.65. The molecule has 0 amide bonds. The van der Waals surface area contributed by atoms with E-state index in [2.05, 4.69) is 32.7 Å². The maximum Gasteiger partial charge on any atom is 0.358 e. The van der Waals surface area contributed by atoms with Gasteiger partial charge in [-0.05, 0) is 47.6 Å². The summed E-state index contributed by atoms with van der Waals surface area (Å²) in [6, 6.07) is 6.88. The van der Waals surface area contributed by atoms with Crippen LogP contribution in [0.3, 0.4) is 0 Å². The number of pyridine rings is 1. The standard InChI is InChI=1S/C32H35NO7/c1-16-17(18-9-11-22(39-7)29(33-18)30(36)37)8-10-21(38-6)25(16)28-26-19(34)12-31(2,3)14-23(26)40-24-15-32(4,5)13-20(35)27(24)28/h8-11,28H,12-15H2,1-7H3,(H,36,37). The predicted octanol–water partition coefficient (Wildman–Crippen LogP) is 6.17. The van der Waals surface area contributed by atoms with E-state index < -0.39 is 11.9 Å². The normalized spacial score (nSPS) is 20.1. The second-order valence-corrected chi connectivity index (χ2v) is 12.5. The van der Waals surface area contributed by atoms with Crippen molar-refractivity contribution < 1.29 is 33.7 Å². The molecule has 0 fully saturated rings. The topological polar surface area (TPSA) is 112 Å². The second kappa shape index (κ2) is 9.61. The van der Waals surface area contributed by atoms with E-state index >= 15 is 0 Å². The lowest BCUT2D eigenvalue weighted by Gasteiger charge is -2.43. The summed E-state index contributed by atoms with van der Waals surface area (Å²) in [5.41, 5.74) is 2.82. The summed E-state index contributed by atoms with van der Waals surface area (Å²) in [5.74, 6) is 0.00167. The molecule has 1 aromatic heterocycles. The van der Waals surface area contributed by atoms with Crippen LogP contribution in [0.2, 0.25) is 0 Å². The van der Waals surface area contributed by atoms with Crippen molar-refractivity contribution >= 4 is 17.5 Å². The maximum atomic E-state index is 13.8. The number of aromatic nitrogens is 1. The van der Waals surface area contributed by atoms with Crippen molar-refractivity contribution in [2.24, 2.45) is 10.8 Å². The van der Waals surface area contributed by atoms with Gasteiger partial charge >= 0.3 is 5.97 Å². The highest BCUT2D eigenvalue weighted by atomic mass is 16.5. The molecule has 1 N–H and O–H groups in total. The number of methoxy groups -OCH3 is 2. The van der Waals surface area contributed by atoms with Crippen LogP contribution >= 0.6 is 0 Å². The van der Waals surface area contributed by atoms with Gasteiger partial charge in [-0.3, -0.25) is 9.59 Å². The molecular weight excluding hydrogens is 510 g/mol. The van der Waals surface area contributed by atoms with Crippen LogP contribution in [0.5, 0.6) is 11.5 Å². The summed E-state index contributed by atoms with van der Waals surface area (Å²) in [5, 5.41) is 9.72. The number of carbonyl (C=O) groups is 3. The lowest BCUT2D eigenvalue weighted by Crippen LogP contribution is -2.38. The molecule has 0 bridgehead atoms. The van der Waals surface area contributed by atoms with E-state index in [0.717, 1.165) is 5.56 Å². The molecular formula is C32H35NO7. The van der Waals surface area contributed by atoms with Crippen LogP contribution in [0.4, 0.5) is 0 Å². The third-order valence-corrected chi connectivity index (χ3v) is 8.12. The first-order valence-corrected chi connectivity index (χ1v) is 13.4. The molecule has 2 aromatic rings. The maximum absolute atomic E-state index is 13.8. The van der Waals surface area contributed by atoms with E-state index in [-0.39, 0.29) is 33.8 Å². The lowest BCUT2D eigenvalue weighted by molar-refractivity contribution is -0.120. The van der Waals surface area contributed by atoms with Gasteiger partial charge in [-0.25, -0.2) is 9.78 Å². The number of rotatable bonds is 5. The molecule has 5 rings (SSSR count). The van der Waals surface area contributed by atoms with E-state index in [1.807, 2.05) is 13.0 Å². The Morgan fingerprint density at radius 1 is 0.875 bits per heavy atom. The number of hydrogen-bond acceptors (Lipinski definition) is 7. The van der Waals surface area contributed by atoms with E-state index in [9.17, 15) is 19.5 Å². The van der Waals surface area contributed by atoms with Crippen LogP contribution in [-0.4, -0.2) is 41.8 Å². The van der Waals surface area contributed by atoms with Crippen molar-refractivity contribution in [1.29, 1.82) is 0 Å². The molecule has 0 atom stereocenters. The van der Waals surface area contributed by atoms with E-state index in [1.54, 1.807) is 25.3 Å². The van der Waals surface area contributed by atoms with Gasteiger partial charge in [0.15, 0.2) is 23.0 Å². The van der Waals surface area contributed by atoms with E-state index in [1.165, 1.54) is 7.11 Å². The average Bonchev–Trinajstić information content (AvgIpc) is 2.85. The van der Waals surface area contributed by atoms with Crippen molar-refractivity contribution in [3.8, 4) is 22.8 Å². The predicted molar refractivity (Wildman–Crippen MR) is 148 cm³/mol. The summed E-state index contributed by atoms with van der Waals surface area (Å²) in [6.45, 7) is 10.1. The fourth-order valence-corrected chi connectivity index (χ4v) is 6.40. The first kappa shape index (κ1) is 27.6. The summed E-state index contributed by atoms with van der Waals surface area (Å²) in [6.07, 6.45) is 1.85. The van der Waals surface area contributed by atoms with Crippen LogP contribution in [0.15, 0.2) is 46.9 Å². The molecule has 0 saturated carbocycles. The molecule has 40 heavy (non-hydrogen) atoms. The summed E-state index contributed by atoms with van der Waals surface area (Å²) in [4.78, 5) is 43.9. The highest BCUT2D eigenvalue weighted by Crippen LogP contribution is 2.55. The number of benzene rings is 1. The Labute approximate surface area is 234 Å². The SMILES string of the molecule is COc1ccc(-c2ccc(OC)c(C3C4=C(CC(C)(C)CC4=O)OC4=C3C(=O)CC(C)(C)C4)c2C)nc1C(=O)O. The fraction of sp³-hybridized carbons (Fsp3) is 0.438. The van der Waals surface area contributed by atoms with Gasteiger partial charge in [0.1, 0.15) is 17.3 Å². The van der Waals surface area contributed by atoms with Gasteiger partial charge in [-0.2, -0.15) is 0 Å². The molecule has 8 heteroatoms. The van der Waals surface area contributed by atoms with Crippen LogP contribution in [0.25, 0.3) is 11.3 Å². The number of Topliss-reactive ketones (excluding diaryl/α,β-unsaturated/α-hetero) is 2. The zero-order valence-corrected chi connectivity index (χ0v) is 24.1. The quantitative estimate of drug-likeness (QED) is 0.475. The van der Waals surface area contributed by atoms with Gasteiger partial charge in [0.2, 0.25) is 0 Å². The molecule has 1 aromatic carbocycles. The molecule has 1 aliphatic heterocycles. The van der Waals surface area contributed by atoms with Gasteiger partial charge < -0.3 is 19.3 Å². The number of allylic oxidation sites excluding steroid dienone is 4. The summed E-state index contributed by atoms with van der Waals surface area (Å²) < 4.78 is 17.5. The first-order chi connectivity index (χ1) is 18.8. The summed E-state index contributed by atoms with van der Waals surface area (Å²) >= 11 is 0. The Morgan fingerprint density at radius 3 is 1.90 bits per heavy atom. The van der Waals surface area contributed by atoms with Crippen LogP contribution in [0.1, 0.15) is 80.9 Å². The van der Waals surface area contributed by atoms with Crippen LogP contribution < -0.4 is 9.47 Å². The Hall–Kier alpha value is -3.94. The van der Waals surface area contributed by atoms with Gasteiger partial charge in [-0.15, -0.1) is 0 Å². The van der Waals surface area contributed by atoms with E-state index in [0.29, 0.717) is 70.9 Å². The van der Waals surface area contributed by atoms with Crippen LogP contribution in [-0.2, 0) is 14.3 Å². The molecule has 2 aliphatic carbocycles. The molecule has 2 heterocycles. The molecule has 8 nitrogen and oxygen atoms in total. The minimum atomic E-state index is -1.20. The highest BCUT2D eigenvalue weighted by molar-refractivity contribution is 6.06.